The molecule has 0 spiro atoms. The Bertz CT molecular complexity index is 495. The van der Waals surface area contributed by atoms with Crippen LogP contribution in [0.1, 0.15) is 31.2 Å². The first-order valence-corrected chi connectivity index (χ1v) is 6.58. The highest BCUT2D eigenvalue weighted by molar-refractivity contribution is 5.92. The number of carbonyl (C=O) groups excluding carboxylic acids is 1. The summed E-state index contributed by atoms with van der Waals surface area (Å²) in [7, 11) is 0. The first-order chi connectivity index (χ1) is 9.41. The van der Waals surface area contributed by atoms with E-state index in [4.69, 9.17) is 5.73 Å². The number of nitrogens with two attached hydrogens (primary N) is 1. The fourth-order valence-corrected chi connectivity index (χ4v) is 2.32. The maximum absolute atomic E-state index is 13.7. The van der Waals surface area contributed by atoms with Crippen molar-refractivity contribution < 1.29 is 18.0 Å². The summed E-state index contributed by atoms with van der Waals surface area (Å²) in [5.74, 6) is -4.13. The number of carbonyl (C=O) groups is 1. The summed E-state index contributed by atoms with van der Waals surface area (Å²) < 4.78 is 39.7. The molecule has 1 aromatic carbocycles. The minimum atomic E-state index is -2.68. The molecule has 0 heterocycles. The second kappa shape index (κ2) is 5.83. The molecular formula is C14H17F3N2O. The molecule has 1 aliphatic rings. The van der Waals surface area contributed by atoms with Crippen LogP contribution in [0.15, 0.2) is 18.2 Å². The lowest BCUT2D eigenvalue weighted by Gasteiger charge is -2.27. The van der Waals surface area contributed by atoms with Gasteiger partial charge in [-0.2, -0.15) is 0 Å². The van der Waals surface area contributed by atoms with Crippen LogP contribution in [0.2, 0.25) is 0 Å². The third-order valence-electron chi connectivity index (χ3n) is 3.61. The molecule has 3 nitrogen and oxygen atoms in total. The molecule has 6 heteroatoms. The normalized spacial score (nSPS) is 18.8. The molecule has 110 valence electrons. The summed E-state index contributed by atoms with van der Waals surface area (Å²) in [5.41, 5.74) is 6.07. The average molecular weight is 286 g/mol. The number of nitrogens with one attached hydrogen (secondary N) is 1. The lowest BCUT2D eigenvalue weighted by Crippen LogP contribution is -2.32. The lowest BCUT2D eigenvalue weighted by atomic mass is 9.86. The number of amides is 1. The Balaban J connectivity index is 1.98. The van der Waals surface area contributed by atoms with E-state index < -0.39 is 23.6 Å². The fraction of sp³-hybridized carbons (Fsp3) is 0.500. The third-order valence-corrected chi connectivity index (χ3v) is 3.61. The van der Waals surface area contributed by atoms with Gasteiger partial charge in [0.15, 0.2) is 0 Å². The third kappa shape index (κ3) is 3.50. The number of hydrogen-bond donors (Lipinski definition) is 2. The molecule has 20 heavy (non-hydrogen) atoms. The molecule has 3 N–H and O–H groups in total. The van der Waals surface area contributed by atoms with Crippen LogP contribution < -0.4 is 11.1 Å². The Labute approximate surface area is 115 Å². The van der Waals surface area contributed by atoms with Crippen molar-refractivity contribution in [2.24, 2.45) is 11.7 Å². The Kier molecular flexibility index (Phi) is 4.32. The lowest BCUT2D eigenvalue weighted by molar-refractivity contribution is -0.124. The zero-order chi connectivity index (χ0) is 14.8. The minimum absolute atomic E-state index is 0.0598. The molecule has 2 rings (SSSR count). The number of hydrogen-bond acceptors (Lipinski definition) is 2. The van der Waals surface area contributed by atoms with Gasteiger partial charge in [0.2, 0.25) is 11.8 Å². The highest BCUT2D eigenvalue weighted by Crippen LogP contribution is 2.36. The predicted octanol–water partition coefficient (Wildman–Crippen LogP) is 3.05. The van der Waals surface area contributed by atoms with Crippen LogP contribution in [0.25, 0.3) is 0 Å². The topological polar surface area (TPSA) is 55.1 Å². The van der Waals surface area contributed by atoms with Gasteiger partial charge in [-0.25, -0.2) is 13.2 Å². The summed E-state index contributed by atoms with van der Waals surface area (Å²) in [6.45, 7) is 0.211. The molecule has 0 radical (unpaired) electrons. The van der Waals surface area contributed by atoms with E-state index in [0.717, 1.165) is 0 Å². The number of alkyl halides is 2. The summed E-state index contributed by atoms with van der Waals surface area (Å²) in [4.78, 5) is 11.9. The van der Waals surface area contributed by atoms with Gasteiger partial charge in [-0.05, 0) is 30.5 Å². The van der Waals surface area contributed by atoms with E-state index in [9.17, 15) is 18.0 Å². The van der Waals surface area contributed by atoms with Gasteiger partial charge in [0.05, 0.1) is 5.69 Å². The molecule has 0 bridgehead atoms. The zero-order valence-electron chi connectivity index (χ0n) is 11.0. The van der Waals surface area contributed by atoms with E-state index in [2.05, 4.69) is 5.32 Å². The van der Waals surface area contributed by atoms with Crippen LogP contribution in [0, 0.1) is 11.7 Å². The van der Waals surface area contributed by atoms with Crippen molar-refractivity contribution in [2.45, 2.75) is 38.2 Å². The van der Waals surface area contributed by atoms with Crippen LogP contribution >= 0.6 is 0 Å². The van der Waals surface area contributed by atoms with Gasteiger partial charge in [-0.3, -0.25) is 4.79 Å². The Morgan fingerprint density at radius 2 is 2.00 bits per heavy atom. The molecule has 0 saturated heterocycles. The standard InChI is InChI=1S/C14H17F3N2O/c15-11-7-9(8-18)1-2-12(11)19-13(20)10-3-5-14(16,17)6-4-10/h1-2,7,10H,3-6,8,18H2,(H,19,20). The summed E-state index contributed by atoms with van der Waals surface area (Å²) in [5, 5.41) is 2.46. The summed E-state index contributed by atoms with van der Waals surface area (Å²) >= 11 is 0. The zero-order valence-corrected chi connectivity index (χ0v) is 11.0. The van der Waals surface area contributed by atoms with Crippen LogP contribution in [-0.2, 0) is 11.3 Å². The Hall–Kier alpha value is -1.56. The highest BCUT2D eigenvalue weighted by atomic mass is 19.3. The molecule has 0 aromatic heterocycles. The molecule has 1 saturated carbocycles. The maximum Gasteiger partial charge on any atom is 0.248 e. The van der Waals surface area contributed by atoms with Crippen LogP contribution in [0.5, 0.6) is 0 Å². The molecule has 0 aliphatic heterocycles. The van der Waals surface area contributed by atoms with Crippen LogP contribution in [-0.4, -0.2) is 11.8 Å². The molecule has 1 amide bonds. The summed E-state index contributed by atoms with van der Waals surface area (Å²) in [6.07, 6.45) is -0.331. The maximum atomic E-state index is 13.7. The second-order valence-corrected chi connectivity index (χ2v) is 5.14. The smallest absolute Gasteiger partial charge is 0.248 e. The van der Waals surface area contributed by atoms with Gasteiger partial charge in [-0.15, -0.1) is 0 Å². The minimum Gasteiger partial charge on any atom is -0.326 e. The molecular weight excluding hydrogens is 269 g/mol. The Morgan fingerprint density at radius 1 is 1.35 bits per heavy atom. The largest absolute Gasteiger partial charge is 0.326 e. The van der Waals surface area contributed by atoms with Crippen LogP contribution in [0.3, 0.4) is 0 Å². The van der Waals surface area contributed by atoms with Crippen molar-refractivity contribution >= 4 is 11.6 Å². The van der Waals surface area contributed by atoms with Gasteiger partial charge in [0.25, 0.3) is 0 Å². The van der Waals surface area contributed by atoms with Crippen molar-refractivity contribution in [3.8, 4) is 0 Å². The molecule has 1 aromatic rings. The van der Waals surface area contributed by atoms with Gasteiger partial charge < -0.3 is 11.1 Å². The molecule has 1 aliphatic carbocycles. The molecule has 1 fully saturated rings. The van der Waals surface area contributed by atoms with E-state index in [0.29, 0.717) is 5.56 Å². The fourth-order valence-electron chi connectivity index (χ4n) is 2.32. The van der Waals surface area contributed by atoms with E-state index >= 15 is 0 Å². The monoisotopic (exact) mass is 286 g/mol. The van der Waals surface area contributed by atoms with Gasteiger partial charge in [-0.1, -0.05) is 6.07 Å². The van der Waals surface area contributed by atoms with Gasteiger partial charge in [0, 0.05) is 25.3 Å². The average Bonchev–Trinajstić information content (AvgIpc) is 2.40. The first-order valence-electron chi connectivity index (χ1n) is 6.58. The van der Waals surface area contributed by atoms with Crippen LogP contribution in [0.4, 0.5) is 18.9 Å². The van der Waals surface area contributed by atoms with E-state index in [1.807, 2.05) is 0 Å². The highest BCUT2D eigenvalue weighted by Gasteiger charge is 2.37. The van der Waals surface area contributed by atoms with Crippen molar-refractivity contribution in [1.29, 1.82) is 0 Å². The van der Waals surface area contributed by atoms with Gasteiger partial charge in [0.1, 0.15) is 5.82 Å². The predicted molar refractivity (Wildman–Crippen MR) is 69.8 cm³/mol. The number of rotatable bonds is 3. The van der Waals surface area contributed by atoms with Crippen molar-refractivity contribution in [2.75, 3.05) is 5.32 Å². The van der Waals surface area contributed by atoms with E-state index in [-0.39, 0.29) is 37.9 Å². The number of halogens is 3. The van der Waals surface area contributed by atoms with Crippen molar-refractivity contribution in [3.05, 3.63) is 29.6 Å². The van der Waals surface area contributed by atoms with Crippen molar-refractivity contribution in [3.63, 3.8) is 0 Å². The SMILES string of the molecule is NCc1ccc(NC(=O)C2CCC(F)(F)CC2)c(F)c1. The number of benzene rings is 1. The first kappa shape index (κ1) is 14.8. The molecule has 0 unspecified atom stereocenters. The van der Waals surface area contributed by atoms with E-state index in [1.165, 1.54) is 12.1 Å². The second-order valence-electron chi connectivity index (χ2n) is 5.14. The molecule has 0 atom stereocenters. The Morgan fingerprint density at radius 3 is 2.55 bits per heavy atom. The number of anilines is 1. The van der Waals surface area contributed by atoms with E-state index in [1.54, 1.807) is 6.07 Å². The van der Waals surface area contributed by atoms with Crippen molar-refractivity contribution in [1.82, 2.24) is 0 Å². The quantitative estimate of drug-likeness (QED) is 0.897. The summed E-state index contributed by atoms with van der Waals surface area (Å²) in [6, 6.07) is 4.31. The van der Waals surface area contributed by atoms with Gasteiger partial charge >= 0.3 is 0 Å².